The lowest BCUT2D eigenvalue weighted by atomic mass is 10.2. The Balaban J connectivity index is 1.86. The molecule has 0 aliphatic carbocycles. The fourth-order valence-corrected chi connectivity index (χ4v) is 2.18. The van der Waals surface area contributed by atoms with E-state index in [4.69, 9.17) is 14.2 Å². The number of rotatable bonds is 7. The van der Waals surface area contributed by atoms with Gasteiger partial charge in [-0.2, -0.15) is 5.10 Å². The molecule has 0 saturated carbocycles. The zero-order valence-electron chi connectivity index (χ0n) is 13.3. The van der Waals surface area contributed by atoms with Crippen LogP contribution in [0.15, 0.2) is 52.0 Å². The molecule has 7 heteroatoms. The summed E-state index contributed by atoms with van der Waals surface area (Å²) in [5, 5.41) is 3.89. The zero-order chi connectivity index (χ0) is 17.4. The minimum Gasteiger partial charge on any atom is -0.497 e. The first-order valence-corrected chi connectivity index (χ1v) is 7.84. The van der Waals surface area contributed by atoms with E-state index in [9.17, 15) is 4.79 Å². The van der Waals surface area contributed by atoms with E-state index in [2.05, 4.69) is 26.5 Å². The largest absolute Gasteiger partial charge is 0.497 e. The minimum absolute atomic E-state index is 0.173. The van der Waals surface area contributed by atoms with Gasteiger partial charge >= 0.3 is 0 Å². The third-order valence-corrected chi connectivity index (χ3v) is 3.47. The molecule has 2 aromatic carbocycles. The Morgan fingerprint density at radius 3 is 2.75 bits per heavy atom. The molecule has 0 unspecified atom stereocenters. The molecule has 0 aliphatic heterocycles. The van der Waals surface area contributed by atoms with Gasteiger partial charge in [0.1, 0.15) is 5.75 Å². The van der Waals surface area contributed by atoms with Gasteiger partial charge in [-0.3, -0.25) is 4.79 Å². The summed E-state index contributed by atoms with van der Waals surface area (Å²) in [7, 11) is 3.12. The van der Waals surface area contributed by atoms with Crippen molar-refractivity contribution in [3.8, 4) is 17.2 Å². The van der Waals surface area contributed by atoms with E-state index in [0.717, 1.165) is 15.8 Å². The van der Waals surface area contributed by atoms with Crippen LogP contribution in [0.2, 0.25) is 0 Å². The molecule has 0 saturated heterocycles. The summed E-state index contributed by atoms with van der Waals surface area (Å²) in [5.41, 5.74) is 3.21. The van der Waals surface area contributed by atoms with Crippen molar-refractivity contribution in [2.75, 3.05) is 20.8 Å². The van der Waals surface area contributed by atoms with Gasteiger partial charge in [0.05, 0.1) is 20.4 Å². The smallest absolute Gasteiger partial charge is 0.277 e. The van der Waals surface area contributed by atoms with E-state index in [1.54, 1.807) is 31.4 Å². The number of hydrazone groups is 1. The first-order chi connectivity index (χ1) is 11.6. The molecule has 0 aromatic heterocycles. The van der Waals surface area contributed by atoms with Gasteiger partial charge in [0.15, 0.2) is 18.1 Å². The number of nitrogens with one attached hydrogen (secondary N) is 1. The summed E-state index contributed by atoms with van der Waals surface area (Å²) in [4.78, 5) is 11.8. The number of hydrogen-bond donors (Lipinski definition) is 1. The van der Waals surface area contributed by atoms with E-state index in [1.165, 1.54) is 13.3 Å². The van der Waals surface area contributed by atoms with Gasteiger partial charge in [-0.1, -0.05) is 28.1 Å². The molecular weight excluding hydrogens is 376 g/mol. The number of ether oxygens (including phenoxy) is 3. The molecule has 24 heavy (non-hydrogen) atoms. The predicted molar refractivity (Wildman–Crippen MR) is 94.9 cm³/mol. The Morgan fingerprint density at radius 1 is 1.17 bits per heavy atom. The second-order valence-corrected chi connectivity index (χ2v) is 5.57. The maximum absolute atomic E-state index is 11.8. The number of amides is 1. The quantitative estimate of drug-likeness (QED) is 0.580. The van der Waals surface area contributed by atoms with Gasteiger partial charge in [-0.05, 0) is 35.9 Å². The predicted octanol–water partition coefficient (Wildman–Crippen LogP) is 3.00. The molecule has 0 heterocycles. The van der Waals surface area contributed by atoms with Crippen molar-refractivity contribution in [1.29, 1.82) is 0 Å². The van der Waals surface area contributed by atoms with Crippen molar-refractivity contribution in [2.24, 2.45) is 5.10 Å². The maximum Gasteiger partial charge on any atom is 0.277 e. The van der Waals surface area contributed by atoms with Gasteiger partial charge in [0.25, 0.3) is 5.91 Å². The number of carbonyl (C=O) groups excluding carboxylic acids is 1. The standard InChI is InChI=1S/C17H17BrN2O4/c1-22-14-5-3-4-12(8-14)10-19-20-17(21)11-24-15-7-6-13(18)9-16(15)23-2/h3-10H,11H2,1-2H3,(H,20,21)/b19-10-. The lowest BCUT2D eigenvalue weighted by molar-refractivity contribution is -0.123. The van der Waals surface area contributed by atoms with Crippen molar-refractivity contribution in [1.82, 2.24) is 5.43 Å². The lowest BCUT2D eigenvalue weighted by Gasteiger charge is -2.10. The monoisotopic (exact) mass is 392 g/mol. The Kier molecular flexibility index (Phi) is 6.62. The SMILES string of the molecule is COc1cccc(/C=N\NC(=O)COc2ccc(Br)cc2OC)c1. The molecule has 0 fully saturated rings. The molecule has 126 valence electrons. The van der Waals surface area contributed by atoms with Crippen molar-refractivity contribution in [3.63, 3.8) is 0 Å². The molecule has 0 spiro atoms. The highest BCUT2D eigenvalue weighted by Crippen LogP contribution is 2.29. The highest BCUT2D eigenvalue weighted by molar-refractivity contribution is 9.10. The minimum atomic E-state index is -0.376. The molecule has 0 aliphatic rings. The van der Waals surface area contributed by atoms with E-state index in [1.807, 2.05) is 18.2 Å². The van der Waals surface area contributed by atoms with Crippen LogP contribution in [0.1, 0.15) is 5.56 Å². The first-order valence-electron chi connectivity index (χ1n) is 7.04. The average molecular weight is 393 g/mol. The summed E-state index contributed by atoms with van der Waals surface area (Å²) in [5.74, 6) is 1.36. The Hall–Kier alpha value is -2.54. The normalized spacial score (nSPS) is 10.5. The Morgan fingerprint density at radius 2 is 2.00 bits per heavy atom. The molecular formula is C17H17BrN2O4. The van der Waals surface area contributed by atoms with Crippen LogP contribution in [-0.2, 0) is 4.79 Å². The van der Waals surface area contributed by atoms with Crippen LogP contribution in [0.3, 0.4) is 0 Å². The van der Waals surface area contributed by atoms with Crippen LogP contribution in [0.5, 0.6) is 17.2 Å². The number of halogens is 1. The van der Waals surface area contributed by atoms with Gasteiger partial charge in [0, 0.05) is 4.47 Å². The molecule has 1 amide bonds. The third kappa shape index (κ3) is 5.27. The van der Waals surface area contributed by atoms with Crippen molar-refractivity contribution >= 4 is 28.1 Å². The topological polar surface area (TPSA) is 69.2 Å². The summed E-state index contributed by atoms with van der Waals surface area (Å²) in [6, 6.07) is 12.6. The average Bonchev–Trinajstić information content (AvgIpc) is 2.60. The van der Waals surface area contributed by atoms with Crippen LogP contribution in [0.25, 0.3) is 0 Å². The molecule has 2 rings (SSSR count). The molecule has 6 nitrogen and oxygen atoms in total. The van der Waals surface area contributed by atoms with Crippen LogP contribution in [0, 0.1) is 0 Å². The van der Waals surface area contributed by atoms with Crippen LogP contribution in [0.4, 0.5) is 0 Å². The maximum atomic E-state index is 11.8. The number of carbonyl (C=O) groups is 1. The van der Waals surface area contributed by atoms with Crippen LogP contribution < -0.4 is 19.6 Å². The van der Waals surface area contributed by atoms with Crippen molar-refractivity contribution < 1.29 is 19.0 Å². The fourth-order valence-electron chi connectivity index (χ4n) is 1.84. The molecule has 0 bridgehead atoms. The first kappa shape index (κ1) is 17.8. The number of nitrogens with zero attached hydrogens (tertiary/aromatic N) is 1. The summed E-state index contributed by atoms with van der Waals surface area (Å²) >= 11 is 3.34. The summed E-state index contributed by atoms with van der Waals surface area (Å²) in [6.07, 6.45) is 1.53. The highest BCUT2D eigenvalue weighted by Gasteiger charge is 2.07. The molecule has 0 atom stereocenters. The van der Waals surface area contributed by atoms with E-state index in [-0.39, 0.29) is 12.5 Å². The van der Waals surface area contributed by atoms with E-state index < -0.39 is 0 Å². The van der Waals surface area contributed by atoms with Gasteiger partial charge in [-0.25, -0.2) is 5.43 Å². The van der Waals surface area contributed by atoms with Gasteiger partial charge in [0.2, 0.25) is 0 Å². The fraction of sp³-hybridized carbons (Fsp3) is 0.176. The Bertz CT molecular complexity index is 734. The van der Waals surface area contributed by atoms with Gasteiger partial charge in [-0.15, -0.1) is 0 Å². The number of benzene rings is 2. The molecule has 1 N–H and O–H groups in total. The van der Waals surface area contributed by atoms with Crippen LogP contribution >= 0.6 is 15.9 Å². The van der Waals surface area contributed by atoms with Crippen molar-refractivity contribution in [3.05, 3.63) is 52.5 Å². The third-order valence-electron chi connectivity index (χ3n) is 2.98. The zero-order valence-corrected chi connectivity index (χ0v) is 14.9. The van der Waals surface area contributed by atoms with Gasteiger partial charge < -0.3 is 14.2 Å². The second-order valence-electron chi connectivity index (χ2n) is 4.65. The highest BCUT2D eigenvalue weighted by atomic mass is 79.9. The number of hydrogen-bond acceptors (Lipinski definition) is 5. The van der Waals surface area contributed by atoms with Crippen molar-refractivity contribution in [2.45, 2.75) is 0 Å². The second kappa shape index (κ2) is 8.93. The van der Waals surface area contributed by atoms with E-state index >= 15 is 0 Å². The Labute approximate surface area is 148 Å². The number of methoxy groups -OCH3 is 2. The summed E-state index contributed by atoms with van der Waals surface area (Å²) < 4.78 is 16.6. The molecule has 0 radical (unpaired) electrons. The van der Waals surface area contributed by atoms with E-state index in [0.29, 0.717) is 11.5 Å². The molecule has 2 aromatic rings. The lowest BCUT2D eigenvalue weighted by Crippen LogP contribution is -2.24. The van der Waals surface area contributed by atoms with Crippen LogP contribution in [-0.4, -0.2) is 32.9 Å². The summed E-state index contributed by atoms with van der Waals surface area (Å²) in [6.45, 7) is -0.173.